The van der Waals surface area contributed by atoms with Crippen LogP contribution in [0.3, 0.4) is 0 Å². The number of aryl methyl sites for hydroxylation is 2. The van der Waals surface area contributed by atoms with Gasteiger partial charge in [0.15, 0.2) is 5.03 Å². The van der Waals surface area contributed by atoms with Gasteiger partial charge in [-0.25, -0.2) is 19.9 Å². The second kappa shape index (κ2) is 14.1. The largest absolute Gasteiger partial charge is 0.467 e. The van der Waals surface area contributed by atoms with Crippen molar-refractivity contribution in [3.8, 4) is 0 Å². The molecule has 0 unspecified atom stereocenters. The fourth-order valence-corrected chi connectivity index (χ4v) is 3.87. The minimum absolute atomic E-state index is 0.0882. The molecule has 1 fully saturated rings. The highest BCUT2D eigenvalue weighted by Crippen LogP contribution is 2.27. The van der Waals surface area contributed by atoms with Crippen LogP contribution in [0, 0.1) is 24.0 Å². The molecule has 200 valence electrons. The highest BCUT2D eigenvalue weighted by Gasteiger charge is 2.30. The van der Waals surface area contributed by atoms with Crippen molar-refractivity contribution in [1.29, 1.82) is 0 Å². The van der Waals surface area contributed by atoms with Crippen LogP contribution in [0.2, 0.25) is 5.15 Å². The third kappa shape index (κ3) is 8.40. The fraction of sp³-hybridized carbons (Fsp3) is 0.417. The zero-order valence-corrected chi connectivity index (χ0v) is 22.2. The number of halogens is 1. The van der Waals surface area contributed by atoms with Gasteiger partial charge in [0.25, 0.3) is 11.9 Å². The van der Waals surface area contributed by atoms with Crippen molar-refractivity contribution in [3.05, 3.63) is 68.5 Å². The molecule has 1 saturated heterocycles. The Hall–Kier alpha value is -3.77. The van der Waals surface area contributed by atoms with Crippen molar-refractivity contribution in [2.75, 3.05) is 38.8 Å². The molecule has 3 rings (SSSR count). The van der Waals surface area contributed by atoms with Gasteiger partial charge in [0.1, 0.15) is 22.9 Å². The van der Waals surface area contributed by atoms with Gasteiger partial charge >= 0.3 is 5.97 Å². The van der Waals surface area contributed by atoms with Crippen LogP contribution in [0.15, 0.2) is 41.6 Å². The summed E-state index contributed by atoms with van der Waals surface area (Å²) in [6.07, 6.45) is 1.64. The SMILES string of the molecule is COCC(=O)N(c1c(C)cccc1C)[C@H](C)C(=O)OC.O=[N+]([O-])/N=C1\NCCN1Cc1ccc(Cl)nc1. The van der Waals surface area contributed by atoms with Crippen LogP contribution in [0.25, 0.3) is 0 Å². The van der Waals surface area contributed by atoms with Crippen molar-refractivity contribution in [3.63, 3.8) is 0 Å². The number of benzene rings is 1. The minimum Gasteiger partial charge on any atom is -0.467 e. The van der Waals surface area contributed by atoms with Crippen molar-refractivity contribution < 1.29 is 24.1 Å². The zero-order valence-electron chi connectivity index (χ0n) is 21.4. The van der Waals surface area contributed by atoms with E-state index in [0.717, 1.165) is 22.4 Å². The number of aromatic nitrogens is 1. The van der Waals surface area contributed by atoms with Crippen LogP contribution in [0.1, 0.15) is 23.6 Å². The Kier molecular flexibility index (Phi) is 11.2. The number of pyridine rings is 1. The average molecular weight is 535 g/mol. The Balaban J connectivity index is 0.000000263. The Morgan fingerprint density at radius 2 is 1.95 bits per heavy atom. The van der Waals surface area contributed by atoms with Gasteiger partial charge in [-0.3, -0.25) is 9.69 Å². The fourth-order valence-electron chi connectivity index (χ4n) is 3.76. The lowest BCUT2D eigenvalue weighted by Crippen LogP contribution is -2.46. The van der Waals surface area contributed by atoms with Gasteiger partial charge in [-0.05, 0) is 43.5 Å². The number of hydrazone groups is 1. The molecule has 0 bridgehead atoms. The maximum Gasteiger partial charge on any atom is 0.328 e. The summed E-state index contributed by atoms with van der Waals surface area (Å²) in [5.74, 6) is -0.454. The summed E-state index contributed by atoms with van der Waals surface area (Å²) in [6.45, 7) is 7.20. The molecule has 0 saturated carbocycles. The number of nitrogens with zero attached hydrogens (tertiary/aromatic N) is 5. The lowest BCUT2D eigenvalue weighted by Gasteiger charge is -2.30. The first kappa shape index (κ1) is 29.5. The number of nitro groups is 1. The molecule has 13 heteroatoms. The number of guanidine groups is 1. The average Bonchev–Trinajstić information content (AvgIpc) is 3.28. The van der Waals surface area contributed by atoms with E-state index in [1.165, 1.54) is 19.1 Å². The van der Waals surface area contributed by atoms with E-state index in [4.69, 9.17) is 21.1 Å². The Labute approximate surface area is 220 Å². The molecule has 1 aromatic carbocycles. The molecule has 0 radical (unpaired) electrons. The van der Waals surface area contributed by atoms with Gasteiger partial charge in [0.2, 0.25) is 0 Å². The number of carbonyl (C=O) groups excluding carboxylic acids is 2. The maximum atomic E-state index is 12.3. The summed E-state index contributed by atoms with van der Waals surface area (Å²) in [4.78, 5) is 41.6. The van der Waals surface area contributed by atoms with E-state index in [1.807, 2.05) is 38.1 Å². The normalized spacial score (nSPS) is 14.3. The molecule has 1 atom stereocenters. The quantitative estimate of drug-likeness (QED) is 0.234. The van der Waals surface area contributed by atoms with Crippen LogP contribution in [-0.2, 0) is 25.6 Å². The highest BCUT2D eigenvalue weighted by molar-refractivity contribution is 6.29. The molecule has 0 aliphatic carbocycles. The second-order valence-corrected chi connectivity index (χ2v) is 8.52. The van der Waals surface area contributed by atoms with Crippen LogP contribution in [-0.4, -0.2) is 72.7 Å². The van der Waals surface area contributed by atoms with Crippen LogP contribution >= 0.6 is 11.6 Å². The van der Waals surface area contributed by atoms with Gasteiger partial charge in [0.05, 0.1) is 12.8 Å². The summed E-state index contributed by atoms with van der Waals surface area (Å²) in [5, 5.41) is 16.2. The molecular formula is C24H31ClN6O6. The third-order valence-electron chi connectivity index (χ3n) is 5.45. The molecule has 0 spiro atoms. The van der Waals surface area contributed by atoms with E-state index in [9.17, 15) is 19.7 Å². The molecule has 2 aromatic rings. The van der Waals surface area contributed by atoms with E-state index in [2.05, 4.69) is 15.4 Å². The van der Waals surface area contributed by atoms with Crippen molar-refractivity contribution in [1.82, 2.24) is 15.2 Å². The Morgan fingerprint density at radius 1 is 1.27 bits per heavy atom. The third-order valence-corrected chi connectivity index (χ3v) is 5.67. The number of anilines is 1. The first-order chi connectivity index (χ1) is 17.6. The van der Waals surface area contributed by atoms with Crippen LogP contribution in [0.5, 0.6) is 0 Å². The zero-order chi connectivity index (χ0) is 27.5. The first-order valence-corrected chi connectivity index (χ1v) is 11.7. The summed E-state index contributed by atoms with van der Waals surface area (Å²) in [6, 6.07) is 8.53. The molecule has 1 aliphatic heterocycles. The van der Waals surface area contributed by atoms with Crippen molar-refractivity contribution in [2.45, 2.75) is 33.4 Å². The Bertz CT molecular complexity index is 1110. The summed E-state index contributed by atoms with van der Waals surface area (Å²) < 4.78 is 9.65. The number of rotatable bonds is 8. The molecule has 1 N–H and O–H groups in total. The number of ether oxygens (including phenoxy) is 2. The number of amides is 1. The van der Waals surface area contributed by atoms with Gasteiger partial charge in [0, 0.05) is 32.9 Å². The number of para-hydroxylation sites is 1. The topological polar surface area (TPSA) is 140 Å². The van der Waals surface area contributed by atoms with Crippen LogP contribution in [0.4, 0.5) is 5.69 Å². The standard InChI is InChI=1S/C15H21NO4.C9H10ClN5O2/c1-10-7-6-8-11(2)14(10)16(13(17)9-19-4)12(3)15(18)20-5;10-8-2-1-7(5-12-8)6-14-4-3-11-9(14)13-15(16)17/h6-8,12H,9H2,1-5H3;1-2,5H,3-4,6H2,(H,11,13)/t12-;/m1./s1. The molecule has 1 amide bonds. The smallest absolute Gasteiger partial charge is 0.328 e. The van der Waals surface area contributed by atoms with Crippen LogP contribution < -0.4 is 10.2 Å². The minimum atomic E-state index is -0.708. The summed E-state index contributed by atoms with van der Waals surface area (Å²) in [7, 11) is 2.76. The highest BCUT2D eigenvalue weighted by atomic mass is 35.5. The predicted octanol–water partition coefficient (Wildman–Crippen LogP) is 2.53. The second-order valence-electron chi connectivity index (χ2n) is 8.14. The lowest BCUT2D eigenvalue weighted by atomic mass is 10.1. The van der Waals surface area contributed by atoms with E-state index < -0.39 is 17.0 Å². The van der Waals surface area contributed by atoms with Gasteiger partial charge in [-0.15, -0.1) is 0 Å². The Morgan fingerprint density at radius 3 is 2.49 bits per heavy atom. The molecule has 37 heavy (non-hydrogen) atoms. The number of esters is 1. The number of hydrogen-bond donors (Lipinski definition) is 1. The molecular weight excluding hydrogens is 504 g/mol. The van der Waals surface area contributed by atoms with E-state index >= 15 is 0 Å². The van der Waals surface area contributed by atoms with E-state index in [0.29, 0.717) is 24.8 Å². The van der Waals surface area contributed by atoms with Gasteiger partial charge in [-0.1, -0.05) is 35.9 Å². The van der Waals surface area contributed by atoms with E-state index in [1.54, 1.807) is 24.1 Å². The van der Waals surface area contributed by atoms with Gasteiger partial charge < -0.3 is 19.7 Å². The maximum absolute atomic E-state index is 12.3. The summed E-state index contributed by atoms with van der Waals surface area (Å²) in [5.41, 5.74) is 3.50. The van der Waals surface area contributed by atoms with Gasteiger partial charge in [-0.2, -0.15) is 0 Å². The van der Waals surface area contributed by atoms with E-state index in [-0.39, 0.29) is 18.5 Å². The van der Waals surface area contributed by atoms with Crippen molar-refractivity contribution >= 4 is 35.1 Å². The molecule has 12 nitrogen and oxygen atoms in total. The summed E-state index contributed by atoms with van der Waals surface area (Å²) >= 11 is 5.68. The number of nitrogens with one attached hydrogen (secondary N) is 1. The number of carbonyl (C=O) groups is 2. The first-order valence-electron chi connectivity index (χ1n) is 11.4. The molecule has 1 aliphatic rings. The monoisotopic (exact) mass is 534 g/mol. The number of hydrogen-bond acceptors (Lipinski definition) is 7. The lowest BCUT2D eigenvalue weighted by molar-refractivity contribution is -0.485. The molecule has 2 heterocycles. The number of methoxy groups -OCH3 is 2. The predicted molar refractivity (Wildman–Crippen MR) is 139 cm³/mol. The van der Waals surface area contributed by atoms with Crippen molar-refractivity contribution in [2.24, 2.45) is 5.10 Å². The molecule has 1 aromatic heterocycles.